The summed E-state index contributed by atoms with van der Waals surface area (Å²) < 4.78 is 27.1. The summed E-state index contributed by atoms with van der Waals surface area (Å²) in [5, 5.41) is 13.2. The number of aliphatic hydroxyl groups is 1. The van der Waals surface area contributed by atoms with E-state index in [-0.39, 0.29) is 18.2 Å². The van der Waals surface area contributed by atoms with Gasteiger partial charge in [-0.2, -0.15) is 0 Å². The average Bonchev–Trinajstić information content (AvgIpc) is 2.45. The normalized spacial score (nSPS) is 19.8. The third kappa shape index (κ3) is 3.76. The van der Waals surface area contributed by atoms with E-state index in [2.05, 4.69) is 12.2 Å². The van der Waals surface area contributed by atoms with Crippen LogP contribution >= 0.6 is 0 Å². The maximum Gasteiger partial charge on any atom is 0.131 e. The van der Waals surface area contributed by atoms with E-state index in [4.69, 9.17) is 0 Å². The first kappa shape index (κ1) is 15.4. The molecule has 2 atom stereocenters. The lowest BCUT2D eigenvalue weighted by atomic mass is 9.84. The third-order valence-corrected chi connectivity index (χ3v) is 4.32. The maximum absolute atomic E-state index is 13.6. The molecule has 2 nitrogen and oxygen atoms in total. The van der Waals surface area contributed by atoms with E-state index in [0.29, 0.717) is 5.92 Å². The minimum absolute atomic E-state index is 0.176. The highest BCUT2D eigenvalue weighted by Crippen LogP contribution is 2.27. The maximum atomic E-state index is 13.6. The standard InChI is InChI=1S/C16H23F2NO/c1-11(12-6-3-2-4-7-12)19-10-15(20)16-13(17)8-5-9-14(16)18/h5,8-9,11-12,15,19-20H,2-4,6-7,10H2,1H3/t11-,15?/m0/s1. The van der Waals surface area contributed by atoms with Crippen molar-refractivity contribution in [3.63, 3.8) is 0 Å². The van der Waals surface area contributed by atoms with Crippen LogP contribution in [0.25, 0.3) is 0 Å². The van der Waals surface area contributed by atoms with Crippen molar-refractivity contribution >= 4 is 0 Å². The Hall–Kier alpha value is -1.00. The van der Waals surface area contributed by atoms with Crippen molar-refractivity contribution in [2.75, 3.05) is 6.54 Å². The molecule has 20 heavy (non-hydrogen) atoms. The van der Waals surface area contributed by atoms with E-state index in [0.717, 1.165) is 0 Å². The number of nitrogens with one attached hydrogen (secondary N) is 1. The van der Waals surface area contributed by atoms with Crippen LogP contribution in [0.4, 0.5) is 8.78 Å². The molecule has 1 aliphatic rings. The molecule has 1 unspecified atom stereocenters. The molecular weight excluding hydrogens is 260 g/mol. The summed E-state index contributed by atoms with van der Waals surface area (Å²) in [6.45, 7) is 2.26. The Labute approximate surface area is 119 Å². The summed E-state index contributed by atoms with van der Waals surface area (Å²) in [6, 6.07) is 3.91. The van der Waals surface area contributed by atoms with Gasteiger partial charge < -0.3 is 10.4 Å². The zero-order valence-corrected chi connectivity index (χ0v) is 11.9. The molecule has 0 radical (unpaired) electrons. The van der Waals surface area contributed by atoms with Gasteiger partial charge in [-0.15, -0.1) is 0 Å². The van der Waals surface area contributed by atoms with Gasteiger partial charge in [0.25, 0.3) is 0 Å². The molecule has 4 heteroatoms. The lowest BCUT2D eigenvalue weighted by molar-refractivity contribution is 0.152. The van der Waals surface area contributed by atoms with E-state index >= 15 is 0 Å². The molecule has 0 bridgehead atoms. The molecule has 0 aliphatic heterocycles. The third-order valence-electron chi connectivity index (χ3n) is 4.32. The molecule has 112 valence electrons. The van der Waals surface area contributed by atoms with E-state index in [9.17, 15) is 13.9 Å². The second kappa shape index (κ2) is 7.14. The average molecular weight is 283 g/mol. The fourth-order valence-electron chi connectivity index (χ4n) is 3.03. The number of hydrogen-bond donors (Lipinski definition) is 2. The summed E-state index contributed by atoms with van der Waals surface area (Å²) in [5.74, 6) is -0.782. The SMILES string of the molecule is C[C@H](NCC(O)c1c(F)cccc1F)C1CCCCC1. The Bertz CT molecular complexity index is 412. The monoisotopic (exact) mass is 283 g/mol. The quantitative estimate of drug-likeness (QED) is 0.866. The minimum atomic E-state index is -1.15. The van der Waals surface area contributed by atoms with Crippen molar-refractivity contribution < 1.29 is 13.9 Å². The van der Waals surface area contributed by atoms with Gasteiger partial charge >= 0.3 is 0 Å². The lowest BCUT2D eigenvalue weighted by Crippen LogP contribution is -2.37. The summed E-state index contributed by atoms with van der Waals surface area (Å²) in [6.07, 6.45) is 5.04. The van der Waals surface area contributed by atoms with Crippen LogP contribution in [-0.4, -0.2) is 17.7 Å². The number of rotatable bonds is 5. The molecule has 1 fully saturated rings. The summed E-state index contributed by atoms with van der Waals surface area (Å²) >= 11 is 0. The lowest BCUT2D eigenvalue weighted by Gasteiger charge is -2.29. The Balaban J connectivity index is 1.89. The van der Waals surface area contributed by atoms with Crippen LogP contribution < -0.4 is 5.32 Å². The van der Waals surface area contributed by atoms with Crippen LogP contribution in [-0.2, 0) is 0 Å². The van der Waals surface area contributed by atoms with E-state index in [1.165, 1.54) is 50.3 Å². The Kier molecular flexibility index (Phi) is 5.49. The summed E-state index contributed by atoms with van der Waals surface area (Å²) in [7, 11) is 0. The van der Waals surface area contributed by atoms with Crippen molar-refractivity contribution in [2.45, 2.75) is 51.2 Å². The number of aliphatic hydroxyl groups excluding tert-OH is 1. The molecule has 0 spiro atoms. The first-order chi connectivity index (χ1) is 9.59. The van der Waals surface area contributed by atoms with Crippen molar-refractivity contribution in [1.29, 1.82) is 0 Å². The van der Waals surface area contributed by atoms with Crippen molar-refractivity contribution in [1.82, 2.24) is 5.32 Å². The van der Waals surface area contributed by atoms with E-state index < -0.39 is 17.7 Å². The fraction of sp³-hybridized carbons (Fsp3) is 0.625. The predicted molar refractivity (Wildman–Crippen MR) is 75.4 cm³/mol. The molecule has 1 saturated carbocycles. The molecule has 2 N–H and O–H groups in total. The smallest absolute Gasteiger partial charge is 0.131 e. The van der Waals surface area contributed by atoms with Gasteiger partial charge in [0.1, 0.15) is 11.6 Å². The molecule has 0 amide bonds. The van der Waals surface area contributed by atoms with Gasteiger partial charge in [-0.25, -0.2) is 8.78 Å². The van der Waals surface area contributed by atoms with Gasteiger partial charge in [-0.1, -0.05) is 25.3 Å². The largest absolute Gasteiger partial charge is 0.387 e. The topological polar surface area (TPSA) is 32.3 Å². The molecule has 1 aromatic rings. The van der Waals surface area contributed by atoms with Crippen molar-refractivity contribution in [3.05, 3.63) is 35.4 Å². The molecule has 2 rings (SSSR count). The van der Waals surface area contributed by atoms with Crippen LogP contribution in [0.2, 0.25) is 0 Å². The molecule has 0 heterocycles. The fourth-order valence-corrected chi connectivity index (χ4v) is 3.03. The summed E-state index contributed by atoms with van der Waals surface area (Å²) in [4.78, 5) is 0. The van der Waals surface area contributed by atoms with Gasteiger partial charge in [0.15, 0.2) is 0 Å². The number of hydrogen-bond acceptors (Lipinski definition) is 2. The number of halogens is 2. The predicted octanol–water partition coefficient (Wildman–Crippen LogP) is 3.56. The Morgan fingerprint density at radius 3 is 2.40 bits per heavy atom. The van der Waals surface area contributed by atoms with Crippen LogP contribution in [0.1, 0.15) is 50.7 Å². The molecule has 0 saturated heterocycles. The highest BCUT2D eigenvalue weighted by Gasteiger charge is 2.22. The summed E-state index contributed by atoms with van der Waals surface area (Å²) in [5.41, 5.74) is -0.240. The van der Waals surface area contributed by atoms with E-state index in [1.807, 2.05) is 0 Å². The highest BCUT2D eigenvalue weighted by molar-refractivity contribution is 5.22. The van der Waals surface area contributed by atoms with Crippen LogP contribution in [0.5, 0.6) is 0 Å². The van der Waals surface area contributed by atoms with Gasteiger partial charge in [-0.3, -0.25) is 0 Å². The molecular formula is C16H23F2NO. The van der Waals surface area contributed by atoms with Crippen molar-refractivity contribution in [3.8, 4) is 0 Å². The highest BCUT2D eigenvalue weighted by atomic mass is 19.1. The second-order valence-corrected chi connectivity index (χ2v) is 5.75. The van der Waals surface area contributed by atoms with Crippen LogP contribution in [0.3, 0.4) is 0 Å². The number of benzene rings is 1. The second-order valence-electron chi connectivity index (χ2n) is 5.75. The molecule has 0 aromatic heterocycles. The molecule has 1 aromatic carbocycles. The van der Waals surface area contributed by atoms with Gasteiger partial charge in [-0.05, 0) is 37.8 Å². The van der Waals surface area contributed by atoms with E-state index in [1.54, 1.807) is 0 Å². The van der Waals surface area contributed by atoms with Gasteiger partial charge in [0, 0.05) is 12.6 Å². The van der Waals surface area contributed by atoms with Crippen LogP contribution in [0, 0.1) is 17.6 Å². The van der Waals surface area contributed by atoms with Gasteiger partial charge in [0.05, 0.1) is 11.7 Å². The Morgan fingerprint density at radius 1 is 1.20 bits per heavy atom. The van der Waals surface area contributed by atoms with Crippen LogP contribution in [0.15, 0.2) is 18.2 Å². The van der Waals surface area contributed by atoms with Crippen molar-refractivity contribution in [2.24, 2.45) is 5.92 Å². The zero-order chi connectivity index (χ0) is 14.5. The minimum Gasteiger partial charge on any atom is -0.387 e. The molecule has 1 aliphatic carbocycles. The van der Waals surface area contributed by atoms with Gasteiger partial charge in [0.2, 0.25) is 0 Å². The first-order valence-corrected chi connectivity index (χ1v) is 7.45. The Morgan fingerprint density at radius 2 is 1.80 bits per heavy atom. The zero-order valence-electron chi connectivity index (χ0n) is 11.9. The first-order valence-electron chi connectivity index (χ1n) is 7.45.